The topological polar surface area (TPSA) is 40.5 Å². The maximum absolute atomic E-state index is 9.64. The fourth-order valence-electron chi connectivity index (χ4n) is 1.81. The average molecular weight is 216 g/mol. The number of aliphatic hydroxyl groups is 2. The molecule has 0 radical (unpaired) electrons. The van der Waals surface area contributed by atoms with Gasteiger partial charge in [-0.2, -0.15) is 0 Å². The van der Waals surface area contributed by atoms with Gasteiger partial charge in [-0.25, -0.2) is 0 Å². The Morgan fingerprint density at radius 2 is 1.13 bits per heavy atom. The van der Waals surface area contributed by atoms with E-state index >= 15 is 0 Å². The van der Waals surface area contributed by atoms with Crippen molar-refractivity contribution in [1.82, 2.24) is 0 Å². The van der Waals surface area contributed by atoms with Crippen molar-refractivity contribution in [2.45, 2.75) is 83.8 Å². The van der Waals surface area contributed by atoms with E-state index < -0.39 is 0 Å². The van der Waals surface area contributed by atoms with Gasteiger partial charge in [0.15, 0.2) is 0 Å². The van der Waals surface area contributed by atoms with Gasteiger partial charge in [-0.15, -0.1) is 0 Å². The summed E-state index contributed by atoms with van der Waals surface area (Å²) in [6.45, 7) is 4.32. The highest BCUT2D eigenvalue weighted by Gasteiger charge is 2.10. The van der Waals surface area contributed by atoms with E-state index in [2.05, 4.69) is 13.8 Å². The number of hydrogen-bond acceptors (Lipinski definition) is 2. The van der Waals surface area contributed by atoms with Crippen LogP contribution in [0.25, 0.3) is 0 Å². The highest BCUT2D eigenvalue weighted by atomic mass is 16.3. The number of hydrogen-bond donors (Lipinski definition) is 2. The van der Waals surface area contributed by atoms with Crippen molar-refractivity contribution in [2.75, 3.05) is 0 Å². The summed E-state index contributed by atoms with van der Waals surface area (Å²) in [5, 5.41) is 19.3. The Bertz CT molecular complexity index is 112. The molecule has 2 atom stereocenters. The van der Waals surface area contributed by atoms with Crippen LogP contribution < -0.4 is 0 Å². The summed E-state index contributed by atoms with van der Waals surface area (Å²) in [6.07, 6.45) is 8.56. The Balaban J connectivity index is 3.35. The average Bonchev–Trinajstić information content (AvgIpc) is 2.18. The minimum atomic E-state index is -0.298. The maximum Gasteiger partial charge on any atom is 0.0564 e. The van der Waals surface area contributed by atoms with E-state index in [9.17, 15) is 10.2 Å². The third-order valence-electron chi connectivity index (χ3n) is 2.83. The molecule has 0 unspecified atom stereocenters. The Morgan fingerprint density at radius 1 is 0.733 bits per heavy atom. The van der Waals surface area contributed by atoms with Crippen LogP contribution in [-0.4, -0.2) is 22.4 Å². The Morgan fingerprint density at radius 3 is 1.47 bits per heavy atom. The Labute approximate surface area is 94.7 Å². The van der Waals surface area contributed by atoms with Gasteiger partial charge >= 0.3 is 0 Å². The molecule has 0 amide bonds. The molecule has 0 bridgehead atoms. The molecule has 0 saturated heterocycles. The molecule has 0 spiro atoms. The standard InChI is InChI=1S/C13H28O2/c1-3-5-7-9-12(14)11-13(15)10-8-6-4-2/h12-15H,3-11H2,1-2H3/t12-,13-/m1/s1. The van der Waals surface area contributed by atoms with Crippen LogP contribution in [0, 0.1) is 0 Å². The molecule has 0 aromatic rings. The highest BCUT2D eigenvalue weighted by Crippen LogP contribution is 2.12. The molecule has 2 heteroatoms. The zero-order chi connectivity index (χ0) is 11.5. The van der Waals surface area contributed by atoms with Crippen LogP contribution in [0.2, 0.25) is 0 Å². The fraction of sp³-hybridized carbons (Fsp3) is 1.00. The summed E-state index contributed by atoms with van der Waals surface area (Å²) in [7, 11) is 0. The normalized spacial score (nSPS) is 15.2. The summed E-state index contributed by atoms with van der Waals surface area (Å²) in [5.74, 6) is 0. The molecule has 92 valence electrons. The Kier molecular flexibility index (Phi) is 10.4. The van der Waals surface area contributed by atoms with E-state index in [0.717, 1.165) is 25.7 Å². The molecule has 0 saturated carbocycles. The van der Waals surface area contributed by atoms with Gasteiger partial charge in [-0.1, -0.05) is 52.4 Å². The minimum absolute atomic E-state index is 0.298. The first kappa shape index (κ1) is 14.9. The van der Waals surface area contributed by atoms with Crippen molar-refractivity contribution < 1.29 is 10.2 Å². The second-order valence-electron chi connectivity index (χ2n) is 4.53. The first-order valence-corrected chi connectivity index (χ1v) is 6.56. The lowest BCUT2D eigenvalue weighted by atomic mass is 10.0. The van der Waals surface area contributed by atoms with Crippen molar-refractivity contribution in [1.29, 1.82) is 0 Å². The van der Waals surface area contributed by atoms with Crippen LogP contribution >= 0.6 is 0 Å². The molecule has 2 N–H and O–H groups in total. The molecule has 0 aromatic carbocycles. The van der Waals surface area contributed by atoms with Crippen molar-refractivity contribution in [3.05, 3.63) is 0 Å². The molecule has 0 aliphatic heterocycles. The molecule has 0 rings (SSSR count). The SMILES string of the molecule is CCCCC[C@@H](O)C[C@H](O)CCCCC. The third-order valence-corrected chi connectivity index (χ3v) is 2.83. The van der Waals surface area contributed by atoms with Gasteiger partial charge in [0.2, 0.25) is 0 Å². The van der Waals surface area contributed by atoms with Gasteiger partial charge in [0, 0.05) is 0 Å². The molecule has 2 nitrogen and oxygen atoms in total. The molecule has 0 aliphatic carbocycles. The quantitative estimate of drug-likeness (QED) is 0.550. The molecule has 0 fully saturated rings. The molecular formula is C13H28O2. The number of unbranched alkanes of at least 4 members (excludes halogenated alkanes) is 4. The summed E-state index contributed by atoms with van der Waals surface area (Å²) in [6, 6.07) is 0. The zero-order valence-electron chi connectivity index (χ0n) is 10.4. The smallest absolute Gasteiger partial charge is 0.0564 e. The van der Waals surface area contributed by atoms with E-state index in [1.807, 2.05) is 0 Å². The van der Waals surface area contributed by atoms with E-state index in [1.54, 1.807) is 0 Å². The van der Waals surface area contributed by atoms with E-state index in [0.29, 0.717) is 6.42 Å². The largest absolute Gasteiger partial charge is 0.393 e. The first-order chi connectivity index (χ1) is 7.20. The second kappa shape index (κ2) is 10.4. The fourth-order valence-corrected chi connectivity index (χ4v) is 1.81. The highest BCUT2D eigenvalue weighted by molar-refractivity contribution is 4.64. The molecule has 0 heterocycles. The monoisotopic (exact) mass is 216 g/mol. The predicted octanol–water partition coefficient (Wildman–Crippen LogP) is 3.26. The maximum atomic E-state index is 9.64. The lowest BCUT2D eigenvalue weighted by Gasteiger charge is -2.15. The third kappa shape index (κ3) is 10.2. The van der Waals surface area contributed by atoms with Crippen LogP contribution in [0.5, 0.6) is 0 Å². The summed E-state index contributed by atoms with van der Waals surface area (Å²) >= 11 is 0. The van der Waals surface area contributed by atoms with Crippen molar-refractivity contribution in [3.63, 3.8) is 0 Å². The van der Waals surface area contributed by atoms with E-state index in [-0.39, 0.29) is 12.2 Å². The zero-order valence-corrected chi connectivity index (χ0v) is 10.4. The van der Waals surface area contributed by atoms with Crippen LogP contribution in [0.1, 0.15) is 71.6 Å². The van der Waals surface area contributed by atoms with E-state index in [1.165, 1.54) is 25.7 Å². The first-order valence-electron chi connectivity index (χ1n) is 6.56. The molecular weight excluding hydrogens is 188 g/mol. The number of aliphatic hydroxyl groups excluding tert-OH is 2. The second-order valence-corrected chi connectivity index (χ2v) is 4.53. The van der Waals surface area contributed by atoms with Gasteiger partial charge in [0.1, 0.15) is 0 Å². The predicted molar refractivity (Wildman–Crippen MR) is 64.9 cm³/mol. The molecule has 15 heavy (non-hydrogen) atoms. The molecule has 0 aliphatic rings. The van der Waals surface area contributed by atoms with Crippen LogP contribution in [0.4, 0.5) is 0 Å². The summed E-state index contributed by atoms with van der Waals surface area (Å²) in [4.78, 5) is 0. The van der Waals surface area contributed by atoms with Crippen LogP contribution in [0.15, 0.2) is 0 Å². The van der Waals surface area contributed by atoms with Crippen LogP contribution in [-0.2, 0) is 0 Å². The summed E-state index contributed by atoms with van der Waals surface area (Å²) in [5.41, 5.74) is 0. The van der Waals surface area contributed by atoms with Crippen molar-refractivity contribution >= 4 is 0 Å². The van der Waals surface area contributed by atoms with Gasteiger partial charge in [-0.05, 0) is 19.3 Å². The molecule has 0 aromatic heterocycles. The lowest BCUT2D eigenvalue weighted by Crippen LogP contribution is -2.17. The van der Waals surface area contributed by atoms with Crippen molar-refractivity contribution in [2.24, 2.45) is 0 Å². The summed E-state index contributed by atoms with van der Waals surface area (Å²) < 4.78 is 0. The lowest BCUT2D eigenvalue weighted by molar-refractivity contribution is 0.0682. The number of rotatable bonds is 10. The van der Waals surface area contributed by atoms with E-state index in [4.69, 9.17) is 0 Å². The van der Waals surface area contributed by atoms with Crippen LogP contribution in [0.3, 0.4) is 0 Å². The van der Waals surface area contributed by atoms with Gasteiger partial charge in [0.05, 0.1) is 12.2 Å². The van der Waals surface area contributed by atoms with Gasteiger partial charge in [-0.3, -0.25) is 0 Å². The van der Waals surface area contributed by atoms with Crippen molar-refractivity contribution in [3.8, 4) is 0 Å². The van der Waals surface area contributed by atoms with Gasteiger partial charge < -0.3 is 10.2 Å². The van der Waals surface area contributed by atoms with Gasteiger partial charge in [0.25, 0.3) is 0 Å². The Hall–Kier alpha value is -0.0800. The minimum Gasteiger partial charge on any atom is -0.393 e.